The van der Waals surface area contributed by atoms with E-state index in [4.69, 9.17) is 0 Å². The summed E-state index contributed by atoms with van der Waals surface area (Å²) in [4.78, 5) is 0. The van der Waals surface area contributed by atoms with E-state index < -0.39 is 0 Å². The molecule has 0 heterocycles. The number of allylic oxidation sites excluding steroid dienone is 2. The predicted molar refractivity (Wildman–Crippen MR) is 47.8 cm³/mol. The van der Waals surface area contributed by atoms with Gasteiger partial charge in [-0.25, -0.2) is 0 Å². The van der Waals surface area contributed by atoms with Crippen molar-refractivity contribution in [1.29, 1.82) is 0 Å². The molecule has 0 spiro atoms. The summed E-state index contributed by atoms with van der Waals surface area (Å²) in [5, 5.41) is 0. The van der Waals surface area contributed by atoms with Gasteiger partial charge in [0, 0.05) is 12.8 Å². The molecule has 0 aromatic heterocycles. The van der Waals surface area contributed by atoms with Crippen LogP contribution < -0.4 is 0 Å². The summed E-state index contributed by atoms with van der Waals surface area (Å²) in [6.07, 6.45) is 9.44. The molecule has 0 aromatic carbocycles. The summed E-state index contributed by atoms with van der Waals surface area (Å²) in [5.74, 6) is 12.1. The fourth-order valence-corrected chi connectivity index (χ4v) is 0.949. The highest BCUT2D eigenvalue weighted by Crippen LogP contribution is 2.01. The van der Waals surface area contributed by atoms with Gasteiger partial charge in [-0.1, -0.05) is 30.1 Å². The van der Waals surface area contributed by atoms with Crippen molar-refractivity contribution in [2.45, 2.75) is 32.1 Å². The van der Waals surface area contributed by atoms with Gasteiger partial charge in [-0.3, -0.25) is 0 Å². The molecule has 0 aromatic rings. The Labute approximate surface area is 68.7 Å². The van der Waals surface area contributed by atoms with Crippen LogP contribution in [0.4, 0.5) is 0 Å². The van der Waals surface area contributed by atoms with Crippen LogP contribution in [0.5, 0.6) is 0 Å². The van der Waals surface area contributed by atoms with Gasteiger partial charge in [0.05, 0.1) is 0 Å². The number of rotatable bonds is 0. The molecular weight excluding hydrogens is 132 g/mol. The number of hydrogen-bond acceptors (Lipinski definition) is 0. The molecule has 0 unspecified atom stereocenters. The van der Waals surface area contributed by atoms with Crippen molar-refractivity contribution < 1.29 is 0 Å². The standard InChI is InChI=1S/C11H12/c1-2-4-6-8-10-11-9-7-5-3-1/h1-2H,7-11H2. The Balaban J connectivity index is 2.46. The zero-order valence-corrected chi connectivity index (χ0v) is 6.69. The van der Waals surface area contributed by atoms with Crippen molar-refractivity contribution in [1.82, 2.24) is 0 Å². The molecule has 0 heteroatoms. The van der Waals surface area contributed by atoms with E-state index in [1.165, 1.54) is 19.3 Å². The fourth-order valence-electron chi connectivity index (χ4n) is 0.949. The molecule has 56 valence electrons. The van der Waals surface area contributed by atoms with E-state index >= 15 is 0 Å². The smallest absolute Gasteiger partial charge is 0.00922 e. The molecule has 0 N–H and O–H groups in total. The highest BCUT2D eigenvalue weighted by Gasteiger charge is 1.85. The maximum Gasteiger partial charge on any atom is 0.00922 e. The maximum atomic E-state index is 3.08. The molecule has 11 heavy (non-hydrogen) atoms. The first-order valence-electron chi connectivity index (χ1n) is 4.12. The SMILES string of the molecule is C1#CCCCCCC#CC=C1. The van der Waals surface area contributed by atoms with Crippen LogP contribution in [0.15, 0.2) is 12.2 Å². The van der Waals surface area contributed by atoms with E-state index in [9.17, 15) is 0 Å². The van der Waals surface area contributed by atoms with Crippen LogP contribution in [-0.4, -0.2) is 0 Å². The molecule has 0 atom stereocenters. The van der Waals surface area contributed by atoms with Gasteiger partial charge in [0.15, 0.2) is 0 Å². The van der Waals surface area contributed by atoms with Gasteiger partial charge in [0.25, 0.3) is 0 Å². The fraction of sp³-hybridized carbons (Fsp3) is 0.455. The van der Waals surface area contributed by atoms with Crippen molar-refractivity contribution in [2.75, 3.05) is 0 Å². The van der Waals surface area contributed by atoms with Crippen LogP contribution in [-0.2, 0) is 0 Å². The van der Waals surface area contributed by atoms with Crippen LogP contribution >= 0.6 is 0 Å². The molecular formula is C11H12. The summed E-state index contributed by atoms with van der Waals surface area (Å²) in [7, 11) is 0. The minimum absolute atomic E-state index is 1.03. The average Bonchev–Trinajstić information content (AvgIpc) is 2.08. The Morgan fingerprint density at radius 3 is 1.82 bits per heavy atom. The summed E-state index contributed by atoms with van der Waals surface area (Å²) < 4.78 is 0. The Bertz CT molecular complexity index is 211. The van der Waals surface area contributed by atoms with Gasteiger partial charge < -0.3 is 0 Å². The van der Waals surface area contributed by atoms with Gasteiger partial charge in [-0.05, 0) is 25.0 Å². The Morgan fingerprint density at radius 2 is 1.27 bits per heavy atom. The summed E-state index contributed by atoms with van der Waals surface area (Å²) in [6.45, 7) is 0. The summed E-state index contributed by atoms with van der Waals surface area (Å²) in [5.41, 5.74) is 0. The zero-order valence-electron chi connectivity index (χ0n) is 6.69. The molecule has 1 aliphatic rings. The lowest BCUT2D eigenvalue weighted by Crippen LogP contribution is -1.74. The topological polar surface area (TPSA) is 0 Å². The zero-order chi connectivity index (χ0) is 7.78. The third-order valence-corrected chi connectivity index (χ3v) is 1.56. The van der Waals surface area contributed by atoms with Crippen molar-refractivity contribution in [3.63, 3.8) is 0 Å². The van der Waals surface area contributed by atoms with Crippen LogP contribution in [0.1, 0.15) is 32.1 Å². The molecule has 1 aliphatic carbocycles. The number of hydrogen-bond donors (Lipinski definition) is 0. The minimum atomic E-state index is 1.03. The lowest BCUT2D eigenvalue weighted by Gasteiger charge is -1.90. The second-order valence-corrected chi connectivity index (χ2v) is 2.54. The van der Waals surface area contributed by atoms with E-state index in [-0.39, 0.29) is 0 Å². The van der Waals surface area contributed by atoms with Crippen LogP contribution in [0.25, 0.3) is 0 Å². The summed E-state index contributed by atoms with van der Waals surface area (Å²) >= 11 is 0. The molecule has 1 rings (SSSR count). The first-order valence-corrected chi connectivity index (χ1v) is 4.12. The monoisotopic (exact) mass is 144 g/mol. The second kappa shape index (κ2) is 5.63. The van der Waals surface area contributed by atoms with E-state index in [2.05, 4.69) is 23.7 Å². The summed E-state index contributed by atoms with van der Waals surface area (Å²) in [6, 6.07) is 0. The van der Waals surface area contributed by atoms with Gasteiger partial charge in [-0.2, -0.15) is 0 Å². The van der Waals surface area contributed by atoms with Crippen molar-refractivity contribution in [2.24, 2.45) is 0 Å². The lowest BCUT2D eigenvalue weighted by atomic mass is 10.1. The lowest BCUT2D eigenvalue weighted by molar-refractivity contribution is 0.709. The normalized spacial score (nSPS) is 16.7. The van der Waals surface area contributed by atoms with Gasteiger partial charge in [-0.15, -0.1) is 0 Å². The minimum Gasteiger partial charge on any atom is -0.0985 e. The quantitative estimate of drug-likeness (QED) is 0.458. The Hall–Kier alpha value is -1.14. The first kappa shape index (κ1) is 7.96. The van der Waals surface area contributed by atoms with Gasteiger partial charge in [0.2, 0.25) is 0 Å². The predicted octanol–water partition coefficient (Wildman–Crippen LogP) is 2.51. The van der Waals surface area contributed by atoms with Crippen LogP contribution in [0.3, 0.4) is 0 Å². The van der Waals surface area contributed by atoms with E-state index in [0.717, 1.165) is 12.8 Å². The Kier molecular flexibility index (Phi) is 4.07. The molecule has 0 bridgehead atoms. The molecule has 0 saturated carbocycles. The van der Waals surface area contributed by atoms with Gasteiger partial charge >= 0.3 is 0 Å². The van der Waals surface area contributed by atoms with Crippen LogP contribution in [0, 0.1) is 23.7 Å². The molecule has 0 amide bonds. The average molecular weight is 144 g/mol. The Morgan fingerprint density at radius 1 is 0.727 bits per heavy atom. The van der Waals surface area contributed by atoms with E-state index in [1.807, 2.05) is 12.2 Å². The first-order chi connectivity index (χ1) is 5.50. The van der Waals surface area contributed by atoms with Crippen molar-refractivity contribution in [3.05, 3.63) is 12.2 Å². The van der Waals surface area contributed by atoms with Gasteiger partial charge in [0.1, 0.15) is 0 Å². The molecule has 0 aliphatic heterocycles. The molecule has 0 radical (unpaired) electrons. The highest BCUT2D eigenvalue weighted by molar-refractivity contribution is 5.24. The van der Waals surface area contributed by atoms with Crippen LogP contribution in [0.2, 0.25) is 0 Å². The second-order valence-electron chi connectivity index (χ2n) is 2.54. The maximum absolute atomic E-state index is 3.08. The van der Waals surface area contributed by atoms with Crippen molar-refractivity contribution >= 4 is 0 Å². The van der Waals surface area contributed by atoms with E-state index in [1.54, 1.807) is 0 Å². The molecule has 0 fully saturated rings. The molecule has 0 saturated heterocycles. The van der Waals surface area contributed by atoms with Crippen molar-refractivity contribution in [3.8, 4) is 23.7 Å². The highest BCUT2D eigenvalue weighted by atomic mass is 13.9. The van der Waals surface area contributed by atoms with E-state index in [0.29, 0.717) is 0 Å². The largest absolute Gasteiger partial charge is 0.0985 e. The third-order valence-electron chi connectivity index (χ3n) is 1.56. The molecule has 0 nitrogen and oxygen atoms in total. The third kappa shape index (κ3) is 4.29.